The summed E-state index contributed by atoms with van der Waals surface area (Å²) in [5.74, 6) is 1.02. The second kappa shape index (κ2) is 4.30. The summed E-state index contributed by atoms with van der Waals surface area (Å²) in [4.78, 5) is 14.0. The van der Waals surface area contributed by atoms with Crippen LogP contribution in [-0.4, -0.2) is 36.5 Å². The summed E-state index contributed by atoms with van der Waals surface area (Å²) in [5, 5.41) is 2.96. The maximum atomic E-state index is 11.6. The standard InChI is InChI=1S/C11H20N2O/c1-9-4-3-7-13(8-9)10-5-2-6-12-11(10)14/h9-10H,2-8H2,1H3,(H,12,14)/t9-,10-/m0/s1. The van der Waals surface area contributed by atoms with Crippen molar-refractivity contribution in [3.8, 4) is 0 Å². The first-order chi connectivity index (χ1) is 6.77. The maximum absolute atomic E-state index is 11.6. The fourth-order valence-electron chi connectivity index (χ4n) is 2.61. The Morgan fingerprint density at radius 2 is 2.21 bits per heavy atom. The predicted molar refractivity (Wildman–Crippen MR) is 56.0 cm³/mol. The van der Waals surface area contributed by atoms with Crippen LogP contribution < -0.4 is 5.32 Å². The first kappa shape index (κ1) is 9.97. The number of carbonyl (C=O) groups excluding carboxylic acids is 1. The first-order valence-electron chi connectivity index (χ1n) is 5.79. The van der Waals surface area contributed by atoms with Crippen molar-refractivity contribution in [1.82, 2.24) is 10.2 Å². The third-order valence-corrected chi connectivity index (χ3v) is 3.39. The molecule has 2 atom stereocenters. The average Bonchev–Trinajstić information content (AvgIpc) is 2.18. The van der Waals surface area contributed by atoms with Crippen LogP contribution in [0.3, 0.4) is 0 Å². The highest BCUT2D eigenvalue weighted by Crippen LogP contribution is 2.21. The Labute approximate surface area is 85.8 Å². The molecule has 2 aliphatic heterocycles. The molecule has 0 spiro atoms. The minimum Gasteiger partial charge on any atom is -0.355 e. The van der Waals surface area contributed by atoms with Crippen LogP contribution in [0.1, 0.15) is 32.6 Å². The topological polar surface area (TPSA) is 32.3 Å². The quantitative estimate of drug-likeness (QED) is 0.678. The number of likely N-dealkylation sites (tertiary alicyclic amines) is 1. The Bertz CT molecular complexity index is 217. The van der Waals surface area contributed by atoms with E-state index >= 15 is 0 Å². The Morgan fingerprint density at radius 1 is 1.36 bits per heavy atom. The van der Waals surface area contributed by atoms with E-state index in [2.05, 4.69) is 17.1 Å². The molecule has 1 N–H and O–H groups in total. The molecule has 80 valence electrons. The third-order valence-electron chi connectivity index (χ3n) is 3.39. The molecule has 3 nitrogen and oxygen atoms in total. The molecule has 0 unspecified atom stereocenters. The summed E-state index contributed by atoms with van der Waals surface area (Å²) in [6.07, 6.45) is 4.77. The van der Waals surface area contributed by atoms with Crippen molar-refractivity contribution < 1.29 is 4.79 Å². The molecule has 1 amide bonds. The Hall–Kier alpha value is -0.570. The number of rotatable bonds is 1. The third kappa shape index (κ3) is 2.08. The van der Waals surface area contributed by atoms with Gasteiger partial charge in [0.1, 0.15) is 0 Å². The van der Waals surface area contributed by atoms with Crippen molar-refractivity contribution in [3.63, 3.8) is 0 Å². The Morgan fingerprint density at radius 3 is 2.93 bits per heavy atom. The zero-order chi connectivity index (χ0) is 9.97. The molecule has 2 aliphatic rings. The van der Waals surface area contributed by atoms with Crippen LogP contribution in [-0.2, 0) is 4.79 Å². The minimum absolute atomic E-state index is 0.173. The summed E-state index contributed by atoms with van der Waals surface area (Å²) in [5.41, 5.74) is 0. The van der Waals surface area contributed by atoms with E-state index in [4.69, 9.17) is 0 Å². The van der Waals surface area contributed by atoms with Crippen LogP contribution >= 0.6 is 0 Å². The van der Waals surface area contributed by atoms with E-state index in [1.54, 1.807) is 0 Å². The lowest BCUT2D eigenvalue weighted by atomic mass is 9.96. The van der Waals surface area contributed by atoms with Crippen molar-refractivity contribution in [3.05, 3.63) is 0 Å². The zero-order valence-electron chi connectivity index (χ0n) is 8.96. The van der Waals surface area contributed by atoms with Gasteiger partial charge in [-0.25, -0.2) is 0 Å². The molecule has 0 aromatic carbocycles. The Kier molecular flexibility index (Phi) is 3.06. The second-order valence-corrected chi connectivity index (χ2v) is 4.69. The molecule has 14 heavy (non-hydrogen) atoms. The number of piperidine rings is 2. The van der Waals surface area contributed by atoms with Gasteiger partial charge < -0.3 is 5.32 Å². The van der Waals surface area contributed by atoms with Crippen LogP contribution in [0.5, 0.6) is 0 Å². The van der Waals surface area contributed by atoms with Gasteiger partial charge in [0.05, 0.1) is 6.04 Å². The van der Waals surface area contributed by atoms with E-state index in [1.165, 1.54) is 12.8 Å². The van der Waals surface area contributed by atoms with Gasteiger partial charge in [-0.05, 0) is 38.1 Å². The van der Waals surface area contributed by atoms with Gasteiger partial charge in [-0.15, -0.1) is 0 Å². The molecule has 0 aromatic heterocycles. The molecule has 0 radical (unpaired) electrons. The minimum atomic E-state index is 0.173. The van der Waals surface area contributed by atoms with Gasteiger partial charge in [0.2, 0.25) is 5.91 Å². The molecule has 0 aliphatic carbocycles. The molecule has 2 fully saturated rings. The van der Waals surface area contributed by atoms with Crippen molar-refractivity contribution >= 4 is 5.91 Å². The Balaban J connectivity index is 1.94. The molecule has 2 heterocycles. The summed E-state index contributed by atoms with van der Waals surface area (Å²) in [7, 11) is 0. The van der Waals surface area contributed by atoms with Gasteiger partial charge in [0.25, 0.3) is 0 Å². The molecule has 2 rings (SSSR count). The summed E-state index contributed by atoms with van der Waals surface area (Å²) in [6.45, 7) is 5.38. The van der Waals surface area contributed by atoms with Crippen LogP contribution in [0.2, 0.25) is 0 Å². The predicted octanol–water partition coefficient (Wildman–Crippen LogP) is 0.997. The molecule has 0 saturated carbocycles. The van der Waals surface area contributed by atoms with Crippen molar-refractivity contribution in [2.45, 2.75) is 38.6 Å². The lowest BCUT2D eigenvalue weighted by molar-refractivity contribution is -0.129. The molecular formula is C11H20N2O. The van der Waals surface area contributed by atoms with Crippen molar-refractivity contribution in [2.75, 3.05) is 19.6 Å². The van der Waals surface area contributed by atoms with Crippen molar-refractivity contribution in [2.24, 2.45) is 5.92 Å². The summed E-state index contributed by atoms with van der Waals surface area (Å²) in [6, 6.07) is 0.173. The highest BCUT2D eigenvalue weighted by molar-refractivity contribution is 5.82. The van der Waals surface area contributed by atoms with Gasteiger partial charge in [0, 0.05) is 13.1 Å². The van der Waals surface area contributed by atoms with E-state index in [9.17, 15) is 4.79 Å². The average molecular weight is 196 g/mol. The lowest BCUT2D eigenvalue weighted by Crippen LogP contribution is -2.53. The van der Waals surface area contributed by atoms with E-state index in [-0.39, 0.29) is 11.9 Å². The van der Waals surface area contributed by atoms with Gasteiger partial charge in [-0.3, -0.25) is 9.69 Å². The normalized spacial score (nSPS) is 35.4. The fourth-order valence-corrected chi connectivity index (χ4v) is 2.61. The van der Waals surface area contributed by atoms with Crippen LogP contribution in [0.25, 0.3) is 0 Å². The fraction of sp³-hybridized carbons (Fsp3) is 0.909. The van der Waals surface area contributed by atoms with E-state index in [0.29, 0.717) is 0 Å². The van der Waals surface area contributed by atoms with E-state index in [1.807, 2.05) is 0 Å². The van der Waals surface area contributed by atoms with E-state index < -0.39 is 0 Å². The molecule has 0 bridgehead atoms. The number of nitrogens with zero attached hydrogens (tertiary/aromatic N) is 1. The van der Waals surface area contributed by atoms with Crippen molar-refractivity contribution in [1.29, 1.82) is 0 Å². The summed E-state index contributed by atoms with van der Waals surface area (Å²) < 4.78 is 0. The number of carbonyl (C=O) groups is 1. The number of nitrogens with one attached hydrogen (secondary N) is 1. The SMILES string of the molecule is C[C@H]1CCCN([C@H]2CCCNC2=O)C1. The summed E-state index contributed by atoms with van der Waals surface area (Å²) >= 11 is 0. The smallest absolute Gasteiger partial charge is 0.237 e. The van der Waals surface area contributed by atoms with Gasteiger partial charge in [-0.1, -0.05) is 6.92 Å². The molecular weight excluding hydrogens is 176 g/mol. The van der Waals surface area contributed by atoms with Gasteiger partial charge in [-0.2, -0.15) is 0 Å². The lowest BCUT2D eigenvalue weighted by Gasteiger charge is -2.38. The molecule has 2 saturated heterocycles. The van der Waals surface area contributed by atoms with Crippen LogP contribution in [0, 0.1) is 5.92 Å². The first-order valence-corrected chi connectivity index (χ1v) is 5.79. The highest BCUT2D eigenvalue weighted by Gasteiger charge is 2.30. The van der Waals surface area contributed by atoms with Gasteiger partial charge in [0.15, 0.2) is 0 Å². The highest BCUT2D eigenvalue weighted by atomic mass is 16.2. The second-order valence-electron chi connectivity index (χ2n) is 4.69. The van der Waals surface area contributed by atoms with E-state index in [0.717, 1.165) is 38.4 Å². The monoisotopic (exact) mass is 196 g/mol. The number of amides is 1. The van der Waals surface area contributed by atoms with Crippen LogP contribution in [0.15, 0.2) is 0 Å². The van der Waals surface area contributed by atoms with Crippen LogP contribution in [0.4, 0.5) is 0 Å². The number of hydrogen-bond donors (Lipinski definition) is 1. The van der Waals surface area contributed by atoms with Gasteiger partial charge >= 0.3 is 0 Å². The maximum Gasteiger partial charge on any atom is 0.237 e. The molecule has 0 aromatic rings. The zero-order valence-corrected chi connectivity index (χ0v) is 8.96. The molecule has 3 heteroatoms. The largest absolute Gasteiger partial charge is 0.355 e. The number of hydrogen-bond acceptors (Lipinski definition) is 2.